The first-order chi connectivity index (χ1) is 19.4. The summed E-state index contributed by atoms with van der Waals surface area (Å²) in [6, 6.07) is 4.79. The van der Waals surface area contributed by atoms with Gasteiger partial charge in [0.2, 0.25) is 5.60 Å². The van der Waals surface area contributed by atoms with Crippen molar-refractivity contribution in [3.8, 4) is 6.07 Å². The van der Waals surface area contributed by atoms with Crippen LogP contribution in [0.25, 0.3) is 5.52 Å². The minimum atomic E-state index is -2.24. The van der Waals surface area contributed by atoms with Crippen molar-refractivity contribution < 1.29 is 57.1 Å². The highest BCUT2D eigenvalue weighted by atomic mass is 16.8. The van der Waals surface area contributed by atoms with Crippen LogP contribution in [0.3, 0.4) is 0 Å². The van der Waals surface area contributed by atoms with Gasteiger partial charge in [0.25, 0.3) is 0 Å². The fourth-order valence-corrected chi connectivity index (χ4v) is 3.81. The molecule has 41 heavy (non-hydrogen) atoms. The molecular weight excluding hydrogens is 550 g/mol. The zero-order valence-corrected chi connectivity index (χ0v) is 23.1. The Bertz CT molecular complexity index is 1330. The van der Waals surface area contributed by atoms with Gasteiger partial charge in [0.15, 0.2) is 18.0 Å². The van der Waals surface area contributed by atoms with E-state index in [0.717, 1.165) is 27.7 Å². The van der Waals surface area contributed by atoms with Crippen LogP contribution in [-0.4, -0.2) is 92.0 Å². The van der Waals surface area contributed by atoms with Gasteiger partial charge >= 0.3 is 24.6 Å². The molecule has 2 aromatic rings. The molecule has 3 heterocycles. The number of fused-ring (bicyclic) bond motifs is 1. The molecule has 1 aliphatic heterocycles. The van der Waals surface area contributed by atoms with Crippen LogP contribution >= 0.6 is 0 Å². The Kier molecular flexibility index (Phi) is 9.39. The highest BCUT2D eigenvalue weighted by molar-refractivity contribution is 5.88. The number of aromatic nitrogens is 3. The Labute approximate surface area is 233 Å². The number of carbonyl (C=O) groups is 4. The number of rotatable bonds is 7. The summed E-state index contributed by atoms with van der Waals surface area (Å²) in [6.07, 6.45) is -7.91. The third kappa shape index (κ3) is 6.84. The lowest BCUT2D eigenvalue weighted by Crippen LogP contribution is -2.46. The lowest BCUT2D eigenvalue weighted by molar-refractivity contribution is -0.0793. The molecule has 17 heteroatoms. The topological polar surface area (TPSA) is 208 Å². The monoisotopic (exact) mass is 579 g/mol. The van der Waals surface area contributed by atoms with Crippen molar-refractivity contribution in [2.75, 3.05) is 39.9 Å². The van der Waals surface area contributed by atoms with E-state index in [0.29, 0.717) is 0 Å². The van der Waals surface area contributed by atoms with Gasteiger partial charge in [-0.3, -0.25) is 5.32 Å². The van der Waals surface area contributed by atoms with Crippen molar-refractivity contribution in [1.82, 2.24) is 14.6 Å². The zero-order valence-electron chi connectivity index (χ0n) is 23.1. The molecule has 1 amide bonds. The maximum atomic E-state index is 12.3. The molecule has 17 nitrogen and oxygen atoms in total. The standard InChI is InChI=1S/C24H29N5O12/c1-23(2,3)11-38-22(33)37-9-14-16(39-20(31)35-5)17(40-21(32)36-6)24(10-25,41-14)15-8-7-13-18(28-19(30)34-4)26-12-27-29(13)15/h7-8,12,14,16-17H,9,11H2,1-6H3,(H,26,27,28,30)/t14-,16-,17-,24+/m1/s1. The highest BCUT2D eigenvalue weighted by Crippen LogP contribution is 2.44. The van der Waals surface area contributed by atoms with E-state index in [2.05, 4.69) is 29.6 Å². The summed E-state index contributed by atoms with van der Waals surface area (Å²) in [5.74, 6) is 0.0125. The summed E-state index contributed by atoms with van der Waals surface area (Å²) >= 11 is 0. The summed E-state index contributed by atoms with van der Waals surface area (Å²) in [6.45, 7) is 4.96. The van der Waals surface area contributed by atoms with Gasteiger partial charge in [-0.2, -0.15) is 10.4 Å². The number of hydrogen-bond donors (Lipinski definition) is 1. The van der Waals surface area contributed by atoms with E-state index < -0.39 is 55.1 Å². The Morgan fingerprint density at radius 1 is 1.05 bits per heavy atom. The second-order valence-corrected chi connectivity index (χ2v) is 9.68. The first kappa shape index (κ1) is 30.7. The molecule has 2 aromatic heterocycles. The lowest BCUT2D eigenvalue weighted by Gasteiger charge is -2.27. The summed E-state index contributed by atoms with van der Waals surface area (Å²) < 4.78 is 42.0. The summed E-state index contributed by atoms with van der Waals surface area (Å²) in [5.41, 5.74) is -2.43. The van der Waals surface area contributed by atoms with Gasteiger partial charge in [0.1, 0.15) is 30.6 Å². The molecule has 0 radical (unpaired) electrons. The van der Waals surface area contributed by atoms with Gasteiger partial charge in [-0.1, -0.05) is 20.8 Å². The van der Waals surface area contributed by atoms with E-state index >= 15 is 0 Å². The lowest BCUT2D eigenvalue weighted by atomic mass is 9.92. The van der Waals surface area contributed by atoms with Gasteiger partial charge in [-0.15, -0.1) is 0 Å². The molecule has 1 fully saturated rings. The number of carbonyl (C=O) groups excluding carboxylic acids is 4. The maximum Gasteiger partial charge on any atom is 0.508 e. The predicted molar refractivity (Wildman–Crippen MR) is 132 cm³/mol. The van der Waals surface area contributed by atoms with Gasteiger partial charge in [-0.05, 0) is 17.5 Å². The van der Waals surface area contributed by atoms with Crippen molar-refractivity contribution in [2.24, 2.45) is 5.41 Å². The smallest absolute Gasteiger partial charge is 0.453 e. The van der Waals surface area contributed by atoms with Crippen molar-refractivity contribution in [3.05, 3.63) is 24.2 Å². The zero-order chi connectivity index (χ0) is 30.4. The maximum absolute atomic E-state index is 12.3. The normalized spacial score (nSPS) is 21.7. The number of methoxy groups -OCH3 is 3. The van der Waals surface area contributed by atoms with Crippen LogP contribution in [0.1, 0.15) is 26.5 Å². The van der Waals surface area contributed by atoms with Crippen LogP contribution in [0.5, 0.6) is 0 Å². The Balaban J connectivity index is 2.07. The van der Waals surface area contributed by atoms with Gasteiger partial charge < -0.3 is 37.9 Å². The number of nitrogens with zero attached hydrogens (tertiary/aromatic N) is 4. The van der Waals surface area contributed by atoms with Crippen LogP contribution in [-0.2, 0) is 43.5 Å². The first-order valence-corrected chi connectivity index (χ1v) is 11.9. The molecule has 4 atom stereocenters. The predicted octanol–water partition coefficient (Wildman–Crippen LogP) is 2.53. The van der Waals surface area contributed by atoms with E-state index in [1.54, 1.807) is 0 Å². The molecule has 1 saturated heterocycles. The Morgan fingerprint density at radius 2 is 1.73 bits per heavy atom. The molecule has 1 N–H and O–H groups in total. The van der Waals surface area contributed by atoms with Crippen molar-refractivity contribution in [1.29, 1.82) is 5.26 Å². The molecule has 0 saturated carbocycles. The van der Waals surface area contributed by atoms with E-state index in [-0.39, 0.29) is 29.1 Å². The van der Waals surface area contributed by atoms with Crippen molar-refractivity contribution in [3.63, 3.8) is 0 Å². The van der Waals surface area contributed by atoms with Crippen molar-refractivity contribution >= 4 is 35.9 Å². The van der Waals surface area contributed by atoms with Crippen LogP contribution in [0.4, 0.5) is 25.0 Å². The number of nitrogens with one attached hydrogen (secondary N) is 1. The van der Waals surface area contributed by atoms with E-state index in [9.17, 15) is 24.4 Å². The summed E-state index contributed by atoms with van der Waals surface area (Å²) in [7, 11) is 3.22. The average Bonchev–Trinajstić information content (AvgIpc) is 3.50. The number of amides is 1. The van der Waals surface area contributed by atoms with Crippen LogP contribution < -0.4 is 5.32 Å². The number of ether oxygens (including phenoxy) is 8. The Morgan fingerprint density at radius 3 is 2.34 bits per heavy atom. The second-order valence-electron chi connectivity index (χ2n) is 9.68. The largest absolute Gasteiger partial charge is 0.508 e. The fourth-order valence-electron chi connectivity index (χ4n) is 3.81. The van der Waals surface area contributed by atoms with E-state index in [4.69, 9.17) is 23.7 Å². The third-order valence-corrected chi connectivity index (χ3v) is 5.58. The first-order valence-electron chi connectivity index (χ1n) is 11.9. The molecule has 222 valence electrons. The highest BCUT2D eigenvalue weighted by Gasteiger charge is 2.63. The second kappa shape index (κ2) is 12.6. The van der Waals surface area contributed by atoms with Crippen LogP contribution in [0.2, 0.25) is 0 Å². The SMILES string of the molecule is COC(=O)Nc1ncnn2c([C@]3(C#N)O[C@H](COC(=O)OCC(C)(C)C)[C@@H](OC(=O)OC)[C@H]3OC(=O)OC)ccc12. The molecule has 0 aliphatic carbocycles. The quantitative estimate of drug-likeness (QED) is 0.369. The molecule has 0 spiro atoms. The summed E-state index contributed by atoms with van der Waals surface area (Å²) in [5, 5.41) is 17.0. The molecular formula is C24H29N5O12. The molecule has 3 rings (SSSR count). The van der Waals surface area contributed by atoms with Crippen LogP contribution in [0.15, 0.2) is 18.5 Å². The van der Waals surface area contributed by atoms with Gasteiger partial charge in [-0.25, -0.2) is 28.7 Å². The molecule has 0 aromatic carbocycles. The number of hydrogen-bond acceptors (Lipinski definition) is 15. The third-order valence-electron chi connectivity index (χ3n) is 5.58. The molecule has 0 unspecified atom stereocenters. The number of nitriles is 1. The van der Waals surface area contributed by atoms with Crippen LogP contribution in [0, 0.1) is 16.7 Å². The average molecular weight is 580 g/mol. The minimum absolute atomic E-state index is 0.0125. The molecule has 1 aliphatic rings. The summed E-state index contributed by atoms with van der Waals surface area (Å²) in [4.78, 5) is 52.5. The van der Waals surface area contributed by atoms with E-state index in [1.165, 1.54) is 16.6 Å². The van der Waals surface area contributed by atoms with Crippen molar-refractivity contribution in [2.45, 2.75) is 44.7 Å². The van der Waals surface area contributed by atoms with Gasteiger partial charge in [0.05, 0.1) is 33.6 Å². The Hall–Kier alpha value is -4.85. The van der Waals surface area contributed by atoms with E-state index in [1.807, 2.05) is 26.8 Å². The number of anilines is 1. The molecule has 0 bridgehead atoms. The fraction of sp³-hybridized carbons (Fsp3) is 0.542. The van der Waals surface area contributed by atoms with Gasteiger partial charge in [0, 0.05) is 0 Å². The minimum Gasteiger partial charge on any atom is -0.453 e.